The molecule has 0 unspecified atom stereocenters. The molecule has 1 aliphatic heterocycles. The summed E-state index contributed by atoms with van der Waals surface area (Å²) in [4.78, 5) is 6.88. The van der Waals surface area contributed by atoms with Gasteiger partial charge in [0.2, 0.25) is 0 Å². The van der Waals surface area contributed by atoms with Gasteiger partial charge in [0.25, 0.3) is 0 Å². The lowest BCUT2D eigenvalue weighted by Crippen LogP contribution is -2.30. The molecule has 0 saturated carbocycles. The quantitative estimate of drug-likeness (QED) is 0.339. The van der Waals surface area contributed by atoms with Crippen LogP contribution in [0, 0.1) is 27.7 Å². The van der Waals surface area contributed by atoms with Crippen molar-refractivity contribution >= 4 is 23.0 Å². The number of ether oxygens (including phenoxy) is 1. The van der Waals surface area contributed by atoms with Crippen LogP contribution in [0.5, 0.6) is 5.75 Å². The average Bonchev–Trinajstić information content (AvgIpc) is 3.35. The summed E-state index contributed by atoms with van der Waals surface area (Å²) in [7, 11) is 1.70. The highest BCUT2D eigenvalue weighted by Crippen LogP contribution is 2.46. The predicted octanol–water partition coefficient (Wildman–Crippen LogP) is 6.29. The number of hydrogen-bond donors (Lipinski definition) is 1. The Kier molecular flexibility index (Phi) is 6.07. The molecule has 1 N–H and O–H groups in total. The maximum Gasteiger partial charge on any atom is 0.174 e. The molecule has 1 aliphatic rings. The maximum atomic E-state index is 5.93. The third-order valence-electron chi connectivity index (χ3n) is 6.89. The second-order valence-electron chi connectivity index (χ2n) is 9.07. The summed E-state index contributed by atoms with van der Waals surface area (Å²) in [5.41, 5.74) is 9.22. The van der Waals surface area contributed by atoms with Crippen LogP contribution >= 0.6 is 12.2 Å². The van der Waals surface area contributed by atoms with Gasteiger partial charge in [-0.2, -0.15) is 0 Å². The Morgan fingerprint density at radius 1 is 0.914 bits per heavy atom. The molecule has 2 aromatic carbocycles. The predicted molar refractivity (Wildman–Crippen MR) is 146 cm³/mol. The van der Waals surface area contributed by atoms with Crippen LogP contribution in [0.15, 0.2) is 72.9 Å². The number of aryl methyl sites for hydroxylation is 3. The molecule has 5 rings (SSSR count). The van der Waals surface area contributed by atoms with Gasteiger partial charge in [0, 0.05) is 17.6 Å². The van der Waals surface area contributed by atoms with Crippen molar-refractivity contribution in [1.82, 2.24) is 14.9 Å². The molecule has 0 aliphatic carbocycles. The number of methoxy groups -OCH3 is 1. The molecule has 3 heterocycles. The van der Waals surface area contributed by atoms with Crippen LogP contribution in [0.4, 0.5) is 5.69 Å². The van der Waals surface area contributed by atoms with Crippen LogP contribution in [0.1, 0.15) is 45.9 Å². The van der Waals surface area contributed by atoms with Gasteiger partial charge in [0.15, 0.2) is 5.11 Å². The van der Waals surface area contributed by atoms with Gasteiger partial charge in [-0.3, -0.25) is 4.98 Å². The van der Waals surface area contributed by atoms with E-state index in [0.29, 0.717) is 5.11 Å². The van der Waals surface area contributed by atoms with Crippen LogP contribution in [0.2, 0.25) is 0 Å². The van der Waals surface area contributed by atoms with Crippen molar-refractivity contribution in [2.24, 2.45) is 0 Å². The Labute approximate surface area is 212 Å². The summed E-state index contributed by atoms with van der Waals surface area (Å²) in [6, 6.07) is 22.6. The van der Waals surface area contributed by atoms with Crippen molar-refractivity contribution in [2.75, 3.05) is 12.0 Å². The van der Waals surface area contributed by atoms with Crippen LogP contribution in [0.25, 0.3) is 5.69 Å². The van der Waals surface area contributed by atoms with Gasteiger partial charge >= 0.3 is 0 Å². The maximum absolute atomic E-state index is 5.93. The number of benzene rings is 2. The highest BCUT2D eigenvalue weighted by molar-refractivity contribution is 7.80. The highest BCUT2D eigenvalue weighted by atomic mass is 32.1. The van der Waals surface area contributed by atoms with Crippen molar-refractivity contribution in [3.63, 3.8) is 0 Å². The fourth-order valence-corrected chi connectivity index (χ4v) is 5.69. The summed E-state index contributed by atoms with van der Waals surface area (Å²) in [5, 5.41) is 4.23. The van der Waals surface area contributed by atoms with E-state index in [1.807, 2.05) is 36.5 Å². The average molecular weight is 483 g/mol. The first-order valence-corrected chi connectivity index (χ1v) is 12.2. The molecule has 6 heteroatoms. The molecule has 35 heavy (non-hydrogen) atoms. The first-order chi connectivity index (χ1) is 16.9. The second-order valence-corrected chi connectivity index (χ2v) is 9.46. The SMILES string of the molecule is COc1ccccc1N1C(=S)N[C@H](c2ccccn2)[C@H]1c1cc(C)n(-c2c(C)cccc2C)c1C. The number of para-hydroxylation sites is 3. The van der Waals surface area contributed by atoms with Gasteiger partial charge in [-0.15, -0.1) is 0 Å². The van der Waals surface area contributed by atoms with E-state index < -0.39 is 0 Å². The van der Waals surface area contributed by atoms with E-state index >= 15 is 0 Å². The van der Waals surface area contributed by atoms with E-state index in [1.54, 1.807) is 7.11 Å². The molecule has 0 amide bonds. The lowest BCUT2D eigenvalue weighted by atomic mass is 9.96. The number of aromatic nitrogens is 2. The summed E-state index contributed by atoms with van der Waals surface area (Å²) in [5.74, 6) is 0.784. The van der Waals surface area contributed by atoms with Crippen molar-refractivity contribution in [3.8, 4) is 11.4 Å². The molecule has 178 valence electrons. The largest absolute Gasteiger partial charge is 0.495 e. The van der Waals surface area contributed by atoms with Gasteiger partial charge in [-0.25, -0.2) is 0 Å². The topological polar surface area (TPSA) is 42.3 Å². The van der Waals surface area contributed by atoms with Crippen LogP contribution < -0.4 is 15.0 Å². The summed E-state index contributed by atoms with van der Waals surface area (Å²) < 4.78 is 8.11. The number of rotatable bonds is 5. The zero-order valence-electron chi connectivity index (χ0n) is 20.7. The Bertz CT molecular complexity index is 1380. The van der Waals surface area contributed by atoms with E-state index in [1.165, 1.54) is 33.8 Å². The molecule has 5 nitrogen and oxygen atoms in total. The van der Waals surface area contributed by atoms with Crippen molar-refractivity contribution in [1.29, 1.82) is 0 Å². The third-order valence-corrected chi connectivity index (χ3v) is 7.21. The standard InChI is InChI=1S/C29H30N4OS/c1-18-11-10-12-19(2)27(18)32-20(3)17-22(21(32)4)28-26(23-13-8-9-16-30-23)31-29(35)33(28)24-14-6-7-15-25(24)34-5/h6-17,26,28H,1-5H3,(H,31,35)/t26-,28-/m1/s1. The Morgan fingerprint density at radius 2 is 1.63 bits per heavy atom. The molecule has 2 atom stereocenters. The molecular formula is C29H30N4OS. The summed E-state index contributed by atoms with van der Waals surface area (Å²) >= 11 is 5.93. The summed E-state index contributed by atoms with van der Waals surface area (Å²) in [6.07, 6.45) is 1.84. The second kappa shape index (κ2) is 9.19. The Balaban J connectivity index is 1.73. The lowest BCUT2D eigenvalue weighted by molar-refractivity contribution is 0.414. The molecular weight excluding hydrogens is 452 g/mol. The molecule has 0 spiro atoms. The normalized spacial score (nSPS) is 17.5. The van der Waals surface area contributed by atoms with Gasteiger partial charge in [0.05, 0.1) is 36.3 Å². The van der Waals surface area contributed by atoms with Crippen molar-refractivity contribution < 1.29 is 4.74 Å². The highest BCUT2D eigenvalue weighted by Gasteiger charge is 2.43. The van der Waals surface area contributed by atoms with E-state index in [0.717, 1.165) is 17.1 Å². The number of anilines is 1. The smallest absolute Gasteiger partial charge is 0.174 e. The zero-order valence-corrected chi connectivity index (χ0v) is 21.6. The van der Waals surface area contributed by atoms with Crippen LogP contribution in [-0.2, 0) is 0 Å². The minimum atomic E-state index is -0.111. The molecule has 2 aromatic heterocycles. The first kappa shape index (κ1) is 23.1. The fraction of sp³-hybridized carbons (Fsp3) is 0.241. The monoisotopic (exact) mass is 482 g/mol. The lowest BCUT2D eigenvalue weighted by Gasteiger charge is -2.29. The number of hydrogen-bond acceptors (Lipinski definition) is 3. The van der Waals surface area contributed by atoms with Crippen molar-refractivity contribution in [2.45, 2.75) is 39.8 Å². The van der Waals surface area contributed by atoms with Gasteiger partial charge in [0.1, 0.15) is 5.75 Å². The minimum absolute atomic E-state index is 0.0991. The van der Waals surface area contributed by atoms with E-state index in [4.69, 9.17) is 21.9 Å². The molecule has 1 fully saturated rings. The molecule has 1 saturated heterocycles. The molecule has 4 aromatic rings. The Hall–Kier alpha value is -3.64. The van der Waals surface area contributed by atoms with E-state index in [2.05, 4.69) is 78.9 Å². The third kappa shape index (κ3) is 3.88. The van der Waals surface area contributed by atoms with Crippen LogP contribution in [-0.4, -0.2) is 21.8 Å². The van der Waals surface area contributed by atoms with E-state index in [-0.39, 0.29) is 12.1 Å². The van der Waals surface area contributed by atoms with Crippen LogP contribution in [0.3, 0.4) is 0 Å². The van der Waals surface area contributed by atoms with Crippen molar-refractivity contribution in [3.05, 3.63) is 107 Å². The molecule has 0 bridgehead atoms. The Morgan fingerprint density at radius 3 is 2.31 bits per heavy atom. The zero-order chi connectivity index (χ0) is 24.7. The summed E-state index contributed by atoms with van der Waals surface area (Å²) in [6.45, 7) is 8.72. The van der Waals surface area contributed by atoms with Gasteiger partial charge < -0.3 is 19.5 Å². The fourth-order valence-electron chi connectivity index (χ4n) is 5.35. The van der Waals surface area contributed by atoms with E-state index in [9.17, 15) is 0 Å². The number of nitrogens with zero attached hydrogens (tertiary/aromatic N) is 3. The first-order valence-electron chi connectivity index (χ1n) is 11.8. The minimum Gasteiger partial charge on any atom is -0.495 e. The van der Waals surface area contributed by atoms with Gasteiger partial charge in [-0.1, -0.05) is 36.4 Å². The number of pyridine rings is 1. The van der Waals surface area contributed by atoms with Gasteiger partial charge in [-0.05, 0) is 86.9 Å². The molecule has 0 radical (unpaired) electrons. The number of thiocarbonyl (C=S) groups is 1. The number of nitrogens with one attached hydrogen (secondary N) is 1.